The largest absolute Gasteiger partial charge is 0.492 e. The van der Waals surface area contributed by atoms with Crippen molar-refractivity contribution in [3.8, 4) is 5.75 Å². The normalized spacial score (nSPS) is 29.3. The first-order chi connectivity index (χ1) is 10.00. The molecule has 1 heterocycles. The van der Waals surface area contributed by atoms with Gasteiger partial charge in [-0.2, -0.15) is 0 Å². The number of piperazine rings is 1. The second-order valence-corrected chi connectivity index (χ2v) is 7.45. The van der Waals surface area contributed by atoms with Crippen LogP contribution in [-0.4, -0.2) is 42.2 Å². The van der Waals surface area contributed by atoms with Gasteiger partial charge in [-0.3, -0.25) is 4.90 Å². The summed E-state index contributed by atoms with van der Waals surface area (Å²) in [5.74, 6) is 1.83. The number of hydrogen-bond acceptors (Lipinski definition) is 3. The Kier molecular flexibility index (Phi) is 3.98. The van der Waals surface area contributed by atoms with Crippen LogP contribution in [0.2, 0.25) is 0 Å². The van der Waals surface area contributed by atoms with E-state index in [-0.39, 0.29) is 5.54 Å². The van der Waals surface area contributed by atoms with Crippen molar-refractivity contribution in [1.82, 2.24) is 10.2 Å². The summed E-state index contributed by atoms with van der Waals surface area (Å²) >= 11 is 0. The number of hydrogen-bond donors (Lipinski definition) is 1. The van der Waals surface area contributed by atoms with Gasteiger partial charge < -0.3 is 10.1 Å². The van der Waals surface area contributed by atoms with Crippen molar-refractivity contribution in [2.24, 2.45) is 5.92 Å². The maximum absolute atomic E-state index is 5.91. The van der Waals surface area contributed by atoms with Crippen LogP contribution in [-0.2, 0) is 0 Å². The third-order valence-corrected chi connectivity index (χ3v) is 5.06. The van der Waals surface area contributed by atoms with Crippen molar-refractivity contribution in [2.45, 2.75) is 44.7 Å². The maximum atomic E-state index is 5.91. The maximum Gasteiger partial charge on any atom is 0.119 e. The topological polar surface area (TPSA) is 24.5 Å². The molecule has 2 fully saturated rings. The van der Waals surface area contributed by atoms with Gasteiger partial charge in [0.2, 0.25) is 0 Å². The average molecular weight is 288 g/mol. The zero-order valence-corrected chi connectivity index (χ0v) is 13.6. The molecule has 0 radical (unpaired) electrons. The molecule has 1 N–H and O–H groups in total. The fraction of sp³-hybridized carbons (Fsp3) is 0.667. The number of rotatable bonds is 5. The summed E-state index contributed by atoms with van der Waals surface area (Å²) in [5, 5.41) is 3.73. The Morgan fingerprint density at radius 2 is 1.90 bits per heavy atom. The average Bonchev–Trinajstić information content (AvgIpc) is 3.29. The molecule has 1 saturated heterocycles. The summed E-state index contributed by atoms with van der Waals surface area (Å²) in [4.78, 5) is 2.66. The van der Waals surface area contributed by atoms with Gasteiger partial charge in [0.1, 0.15) is 12.4 Å². The van der Waals surface area contributed by atoms with Crippen molar-refractivity contribution in [2.75, 3.05) is 26.2 Å². The molecule has 1 aliphatic heterocycles. The predicted octanol–water partition coefficient (Wildman–Crippen LogP) is 2.92. The van der Waals surface area contributed by atoms with Gasteiger partial charge in [0.05, 0.1) is 0 Å². The Bertz CT molecular complexity index is 469. The van der Waals surface area contributed by atoms with Crippen molar-refractivity contribution >= 4 is 0 Å². The molecule has 1 aromatic rings. The number of benzene rings is 1. The fourth-order valence-corrected chi connectivity index (χ4v) is 3.48. The molecule has 0 aromatic heterocycles. The van der Waals surface area contributed by atoms with Gasteiger partial charge in [-0.25, -0.2) is 0 Å². The molecule has 116 valence electrons. The van der Waals surface area contributed by atoms with E-state index in [1.807, 2.05) is 30.3 Å². The van der Waals surface area contributed by atoms with Gasteiger partial charge in [-0.1, -0.05) is 18.2 Å². The Hall–Kier alpha value is -1.06. The van der Waals surface area contributed by atoms with E-state index < -0.39 is 0 Å². The summed E-state index contributed by atoms with van der Waals surface area (Å²) in [6.07, 6.45) is 2.77. The van der Waals surface area contributed by atoms with E-state index in [2.05, 4.69) is 31.0 Å². The summed E-state index contributed by atoms with van der Waals surface area (Å²) in [5.41, 5.74) is 0.497. The van der Waals surface area contributed by atoms with Crippen LogP contribution < -0.4 is 10.1 Å². The molecule has 1 unspecified atom stereocenters. The molecule has 21 heavy (non-hydrogen) atoms. The molecule has 2 aliphatic rings. The van der Waals surface area contributed by atoms with Gasteiger partial charge in [-0.15, -0.1) is 0 Å². The number of nitrogens with one attached hydrogen (secondary N) is 1. The van der Waals surface area contributed by atoms with Gasteiger partial charge in [0.15, 0.2) is 0 Å². The SMILES string of the molecule is CC1(C)CN(CCOc2ccccc2)C(C)(C2CC2)CN1. The van der Waals surface area contributed by atoms with Crippen molar-refractivity contribution < 1.29 is 4.74 Å². The Morgan fingerprint density at radius 3 is 2.57 bits per heavy atom. The van der Waals surface area contributed by atoms with Crippen molar-refractivity contribution in [3.05, 3.63) is 30.3 Å². The minimum absolute atomic E-state index is 0.196. The zero-order chi connectivity index (χ0) is 14.9. The Morgan fingerprint density at radius 1 is 1.19 bits per heavy atom. The van der Waals surface area contributed by atoms with Crippen molar-refractivity contribution in [1.29, 1.82) is 0 Å². The van der Waals surface area contributed by atoms with Crippen LogP contribution in [0.15, 0.2) is 30.3 Å². The first-order valence-corrected chi connectivity index (χ1v) is 8.18. The third kappa shape index (κ3) is 3.41. The van der Waals surface area contributed by atoms with E-state index in [0.717, 1.165) is 37.9 Å². The van der Waals surface area contributed by atoms with E-state index in [1.54, 1.807) is 0 Å². The van der Waals surface area contributed by atoms with E-state index in [0.29, 0.717) is 5.54 Å². The smallest absolute Gasteiger partial charge is 0.119 e. The summed E-state index contributed by atoms with van der Waals surface area (Å²) in [6, 6.07) is 10.1. The van der Waals surface area contributed by atoms with Crippen LogP contribution in [0.3, 0.4) is 0 Å². The first kappa shape index (κ1) is 14.9. The van der Waals surface area contributed by atoms with Crippen LogP contribution in [0.1, 0.15) is 33.6 Å². The molecule has 1 atom stereocenters. The van der Waals surface area contributed by atoms with E-state index in [1.165, 1.54) is 12.8 Å². The molecule has 0 spiro atoms. The highest BCUT2D eigenvalue weighted by Crippen LogP contribution is 2.44. The number of nitrogens with zero attached hydrogens (tertiary/aromatic N) is 1. The van der Waals surface area contributed by atoms with E-state index >= 15 is 0 Å². The lowest BCUT2D eigenvalue weighted by Crippen LogP contribution is -2.68. The molecule has 1 aliphatic carbocycles. The van der Waals surface area contributed by atoms with Crippen molar-refractivity contribution in [3.63, 3.8) is 0 Å². The number of ether oxygens (including phenoxy) is 1. The predicted molar refractivity (Wildman–Crippen MR) is 86.7 cm³/mol. The van der Waals surface area contributed by atoms with E-state index in [4.69, 9.17) is 4.74 Å². The van der Waals surface area contributed by atoms with Crippen LogP contribution in [0.5, 0.6) is 5.75 Å². The number of para-hydroxylation sites is 1. The lowest BCUT2D eigenvalue weighted by molar-refractivity contribution is 0.00351. The lowest BCUT2D eigenvalue weighted by atomic mass is 9.86. The van der Waals surface area contributed by atoms with Gasteiger partial charge in [0.25, 0.3) is 0 Å². The van der Waals surface area contributed by atoms with Crippen LogP contribution >= 0.6 is 0 Å². The molecule has 0 amide bonds. The molecule has 3 rings (SSSR count). The standard InChI is InChI=1S/C18H28N2O/c1-17(2)14-20(18(3,13-19-17)15-9-10-15)11-12-21-16-7-5-4-6-8-16/h4-8,15,19H,9-14H2,1-3H3. The van der Waals surface area contributed by atoms with Crippen LogP contribution in [0.4, 0.5) is 0 Å². The second kappa shape index (κ2) is 5.62. The fourth-order valence-electron chi connectivity index (χ4n) is 3.48. The highest BCUT2D eigenvalue weighted by molar-refractivity contribution is 5.20. The second-order valence-electron chi connectivity index (χ2n) is 7.45. The van der Waals surface area contributed by atoms with Gasteiger partial charge in [-0.05, 0) is 51.7 Å². The monoisotopic (exact) mass is 288 g/mol. The highest BCUT2D eigenvalue weighted by Gasteiger charge is 2.49. The van der Waals surface area contributed by atoms with Crippen LogP contribution in [0, 0.1) is 5.92 Å². The minimum atomic E-state index is 0.196. The summed E-state index contributed by atoms with van der Waals surface area (Å²) < 4.78 is 5.91. The summed E-state index contributed by atoms with van der Waals surface area (Å²) in [7, 11) is 0. The molecule has 1 aromatic carbocycles. The third-order valence-electron chi connectivity index (χ3n) is 5.06. The molecular formula is C18H28N2O. The first-order valence-electron chi connectivity index (χ1n) is 8.18. The van der Waals surface area contributed by atoms with Gasteiger partial charge >= 0.3 is 0 Å². The van der Waals surface area contributed by atoms with Gasteiger partial charge in [0, 0.05) is 30.7 Å². The Labute approximate surface area is 128 Å². The highest BCUT2D eigenvalue weighted by atomic mass is 16.5. The minimum Gasteiger partial charge on any atom is -0.492 e. The Balaban J connectivity index is 1.60. The lowest BCUT2D eigenvalue weighted by Gasteiger charge is -2.51. The molecule has 3 nitrogen and oxygen atoms in total. The molecular weight excluding hydrogens is 260 g/mol. The van der Waals surface area contributed by atoms with Crippen LogP contribution in [0.25, 0.3) is 0 Å². The molecule has 3 heteroatoms. The van der Waals surface area contributed by atoms with E-state index in [9.17, 15) is 0 Å². The molecule has 0 bridgehead atoms. The summed E-state index contributed by atoms with van der Waals surface area (Å²) in [6.45, 7) is 11.0. The quantitative estimate of drug-likeness (QED) is 0.901. The zero-order valence-electron chi connectivity index (χ0n) is 13.6. The molecule has 1 saturated carbocycles.